The highest BCUT2D eigenvalue weighted by atomic mass is 16.3. The molecule has 2 aliphatic rings. The summed E-state index contributed by atoms with van der Waals surface area (Å²) in [5.74, 6) is 0.144. The van der Waals surface area contributed by atoms with E-state index in [-0.39, 0.29) is 11.8 Å². The zero-order valence-corrected chi connectivity index (χ0v) is 11.5. The second-order valence-corrected chi connectivity index (χ2v) is 6.22. The van der Waals surface area contributed by atoms with Crippen LogP contribution in [0.15, 0.2) is 12.3 Å². The monoisotopic (exact) mass is 263 g/mol. The number of nitrogens with zero attached hydrogens (tertiary/aromatic N) is 2. The Morgan fingerprint density at radius 2 is 2.11 bits per heavy atom. The molecular formula is C14H21N3O2. The van der Waals surface area contributed by atoms with Gasteiger partial charge >= 0.3 is 0 Å². The first-order valence-corrected chi connectivity index (χ1v) is 6.90. The second-order valence-electron chi connectivity index (χ2n) is 6.22. The maximum atomic E-state index is 12.4. The predicted octanol–water partition coefficient (Wildman–Crippen LogP) is 1.25. The van der Waals surface area contributed by atoms with Gasteiger partial charge in [-0.25, -0.2) is 0 Å². The Morgan fingerprint density at radius 1 is 1.47 bits per heavy atom. The fourth-order valence-electron chi connectivity index (χ4n) is 2.61. The molecule has 5 heteroatoms. The van der Waals surface area contributed by atoms with Gasteiger partial charge in [0.2, 0.25) is 0 Å². The van der Waals surface area contributed by atoms with E-state index in [2.05, 4.69) is 0 Å². The molecule has 3 N–H and O–H groups in total. The Bertz CT molecular complexity index is 511. The summed E-state index contributed by atoms with van der Waals surface area (Å²) in [6, 6.07) is 2.18. The first kappa shape index (κ1) is 12.5. The number of hydrogen-bond acceptors (Lipinski definition) is 3. The maximum Gasteiger partial charge on any atom is 0.270 e. The number of likely N-dealkylation sites (tertiary alicyclic amines) is 1. The van der Waals surface area contributed by atoms with Crippen molar-refractivity contribution in [1.82, 2.24) is 9.47 Å². The van der Waals surface area contributed by atoms with Crippen LogP contribution in [0.2, 0.25) is 0 Å². The van der Waals surface area contributed by atoms with Gasteiger partial charge in [-0.05, 0) is 24.8 Å². The number of rotatable bonds is 3. The fraction of sp³-hybridized carbons (Fsp3) is 0.643. The van der Waals surface area contributed by atoms with Crippen LogP contribution in [-0.2, 0) is 0 Å². The number of aromatic nitrogens is 1. The third kappa shape index (κ3) is 2.02. The molecule has 3 rings (SSSR count). The minimum Gasteiger partial charge on any atom is -0.397 e. The number of nitrogen functional groups attached to an aromatic ring is 1. The molecule has 0 aromatic carbocycles. The summed E-state index contributed by atoms with van der Waals surface area (Å²) < 4.78 is 1.99. The molecule has 19 heavy (non-hydrogen) atoms. The summed E-state index contributed by atoms with van der Waals surface area (Å²) in [4.78, 5) is 14.1. The van der Waals surface area contributed by atoms with E-state index in [1.807, 2.05) is 24.6 Å². The van der Waals surface area contributed by atoms with Crippen LogP contribution in [0.5, 0.6) is 0 Å². The van der Waals surface area contributed by atoms with Crippen LogP contribution in [-0.4, -0.2) is 39.2 Å². The summed E-state index contributed by atoms with van der Waals surface area (Å²) in [6.45, 7) is 4.79. The smallest absolute Gasteiger partial charge is 0.270 e. The van der Waals surface area contributed by atoms with Crippen LogP contribution >= 0.6 is 0 Å². The second kappa shape index (κ2) is 4.00. The van der Waals surface area contributed by atoms with Gasteiger partial charge in [-0.2, -0.15) is 0 Å². The third-order valence-electron chi connectivity index (χ3n) is 4.32. The zero-order chi connectivity index (χ0) is 13.8. The molecule has 1 saturated heterocycles. The van der Waals surface area contributed by atoms with Crippen molar-refractivity contribution in [1.29, 1.82) is 0 Å². The molecule has 1 saturated carbocycles. The normalized spacial score (nSPS) is 21.6. The Labute approximate surface area is 113 Å². The topological polar surface area (TPSA) is 71.5 Å². The number of aliphatic hydroxyl groups is 1. The van der Waals surface area contributed by atoms with E-state index in [4.69, 9.17) is 5.73 Å². The molecule has 1 amide bonds. The lowest BCUT2D eigenvalue weighted by Crippen LogP contribution is -2.66. The number of hydrogen-bond donors (Lipinski definition) is 2. The molecule has 2 heterocycles. The zero-order valence-electron chi connectivity index (χ0n) is 11.5. The van der Waals surface area contributed by atoms with Gasteiger partial charge in [-0.3, -0.25) is 4.79 Å². The molecule has 104 valence electrons. The molecule has 0 unspecified atom stereocenters. The molecule has 0 bridgehead atoms. The van der Waals surface area contributed by atoms with Crippen molar-refractivity contribution in [2.45, 2.75) is 38.3 Å². The Hall–Kier alpha value is -1.49. The van der Waals surface area contributed by atoms with E-state index >= 15 is 0 Å². The minimum absolute atomic E-state index is 0.0195. The van der Waals surface area contributed by atoms with Gasteiger partial charge in [0.05, 0.1) is 18.8 Å². The van der Waals surface area contributed by atoms with Crippen molar-refractivity contribution in [3.8, 4) is 0 Å². The van der Waals surface area contributed by atoms with E-state index in [0.29, 0.717) is 30.5 Å². The Morgan fingerprint density at radius 3 is 2.63 bits per heavy atom. The number of carbonyl (C=O) groups is 1. The number of amides is 1. The fourth-order valence-corrected chi connectivity index (χ4v) is 2.61. The van der Waals surface area contributed by atoms with Gasteiger partial charge in [0.1, 0.15) is 11.3 Å². The lowest BCUT2D eigenvalue weighted by atomic mass is 9.83. The molecule has 1 aliphatic carbocycles. The van der Waals surface area contributed by atoms with Crippen molar-refractivity contribution in [2.75, 3.05) is 18.8 Å². The molecule has 2 fully saturated rings. The van der Waals surface area contributed by atoms with Crippen molar-refractivity contribution >= 4 is 11.6 Å². The minimum atomic E-state index is -0.724. The van der Waals surface area contributed by atoms with Gasteiger partial charge in [0.25, 0.3) is 5.91 Å². The van der Waals surface area contributed by atoms with Gasteiger partial charge in [0.15, 0.2) is 0 Å². The van der Waals surface area contributed by atoms with Gasteiger partial charge < -0.3 is 20.3 Å². The largest absolute Gasteiger partial charge is 0.397 e. The highest BCUT2D eigenvalue weighted by molar-refractivity contribution is 5.94. The molecule has 0 radical (unpaired) electrons. The van der Waals surface area contributed by atoms with E-state index in [1.54, 1.807) is 11.0 Å². The van der Waals surface area contributed by atoms with Crippen LogP contribution in [0.1, 0.15) is 43.2 Å². The summed E-state index contributed by atoms with van der Waals surface area (Å²) in [6.07, 6.45) is 4.08. The van der Waals surface area contributed by atoms with Crippen LogP contribution in [0.25, 0.3) is 0 Å². The number of β-amino-alcohol motifs (C(OH)–C–C–N with tert-alkyl or cyclic N) is 1. The average molecular weight is 263 g/mol. The maximum absolute atomic E-state index is 12.4. The van der Waals surface area contributed by atoms with Crippen molar-refractivity contribution in [2.24, 2.45) is 5.92 Å². The molecule has 0 atom stereocenters. The van der Waals surface area contributed by atoms with Crippen molar-refractivity contribution in [3.63, 3.8) is 0 Å². The van der Waals surface area contributed by atoms with Gasteiger partial charge in [-0.1, -0.05) is 13.8 Å². The first-order chi connectivity index (χ1) is 8.90. The van der Waals surface area contributed by atoms with Crippen molar-refractivity contribution in [3.05, 3.63) is 18.0 Å². The SMILES string of the molecule is CC(C)C1(O)CN(C(=O)c2cc(N)cn2C2CC2)C1. The van der Waals surface area contributed by atoms with Crippen LogP contribution < -0.4 is 5.73 Å². The highest BCUT2D eigenvalue weighted by Gasteiger charge is 2.46. The molecular weight excluding hydrogens is 242 g/mol. The number of anilines is 1. The summed E-state index contributed by atoms with van der Waals surface area (Å²) in [5.41, 5.74) is 6.37. The average Bonchev–Trinajstić information content (AvgIpc) is 3.07. The van der Waals surface area contributed by atoms with Crippen molar-refractivity contribution < 1.29 is 9.90 Å². The van der Waals surface area contributed by atoms with E-state index < -0.39 is 5.60 Å². The van der Waals surface area contributed by atoms with Crippen LogP contribution in [0.4, 0.5) is 5.69 Å². The van der Waals surface area contributed by atoms with Gasteiger partial charge in [0, 0.05) is 12.2 Å². The number of nitrogens with two attached hydrogens (primary N) is 1. The van der Waals surface area contributed by atoms with E-state index in [0.717, 1.165) is 12.8 Å². The lowest BCUT2D eigenvalue weighted by molar-refractivity contribution is -0.111. The molecule has 5 nitrogen and oxygen atoms in total. The van der Waals surface area contributed by atoms with E-state index in [1.165, 1.54) is 0 Å². The quantitative estimate of drug-likeness (QED) is 0.862. The van der Waals surface area contributed by atoms with Crippen LogP contribution in [0.3, 0.4) is 0 Å². The first-order valence-electron chi connectivity index (χ1n) is 6.90. The predicted molar refractivity (Wildman–Crippen MR) is 72.8 cm³/mol. The summed E-state index contributed by atoms with van der Waals surface area (Å²) in [5, 5.41) is 10.2. The Kier molecular flexibility index (Phi) is 2.64. The molecule has 1 aliphatic heterocycles. The standard InChI is InChI=1S/C14H21N3O2/c1-9(2)14(19)7-16(8-14)13(18)12-5-10(15)6-17(12)11-3-4-11/h5-6,9,11,19H,3-4,7-8,15H2,1-2H3. The highest BCUT2D eigenvalue weighted by Crippen LogP contribution is 2.38. The third-order valence-corrected chi connectivity index (χ3v) is 4.32. The molecule has 0 spiro atoms. The lowest BCUT2D eigenvalue weighted by Gasteiger charge is -2.49. The van der Waals surface area contributed by atoms with Crippen LogP contribution in [0, 0.1) is 5.92 Å². The van der Waals surface area contributed by atoms with E-state index in [9.17, 15) is 9.90 Å². The molecule has 1 aromatic rings. The molecule has 1 aromatic heterocycles. The Balaban J connectivity index is 1.75. The summed E-state index contributed by atoms with van der Waals surface area (Å²) in [7, 11) is 0. The summed E-state index contributed by atoms with van der Waals surface area (Å²) >= 11 is 0. The number of carbonyl (C=O) groups excluding carboxylic acids is 1. The van der Waals surface area contributed by atoms with Gasteiger partial charge in [-0.15, -0.1) is 0 Å².